The van der Waals surface area contributed by atoms with E-state index in [1.54, 1.807) is 16.8 Å². The van der Waals surface area contributed by atoms with Crippen molar-refractivity contribution in [1.29, 1.82) is 5.26 Å². The summed E-state index contributed by atoms with van der Waals surface area (Å²) in [6.07, 6.45) is 0.533. The third kappa shape index (κ3) is 3.28. The van der Waals surface area contributed by atoms with E-state index < -0.39 is 0 Å². The Morgan fingerprint density at radius 1 is 1.17 bits per heavy atom. The van der Waals surface area contributed by atoms with Gasteiger partial charge in [-0.2, -0.15) is 10.4 Å². The summed E-state index contributed by atoms with van der Waals surface area (Å²) in [7, 11) is 0. The second kappa shape index (κ2) is 6.55. The number of nitriles is 1. The number of nitrogens with two attached hydrogens (primary N) is 1. The number of anilines is 1. The Bertz CT molecular complexity index is 921. The van der Waals surface area contributed by atoms with Gasteiger partial charge in [-0.1, -0.05) is 42.0 Å². The molecule has 0 amide bonds. The molecular formula is C19H17FN4. The van der Waals surface area contributed by atoms with Crippen LogP contribution in [0.5, 0.6) is 0 Å². The molecule has 0 saturated heterocycles. The molecule has 0 aliphatic carbocycles. The van der Waals surface area contributed by atoms with E-state index in [0.717, 1.165) is 16.7 Å². The zero-order valence-electron chi connectivity index (χ0n) is 13.3. The molecule has 4 nitrogen and oxygen atoms in total. The second-order valence-electron chi connectivity index (χ2n) is 5.77. The number of nitrogens with zero attached hydrogens (tertiary/aromatic N) is 3. The summed E-state index contributed by atoms with van der Waals surface area (Å²) >= 11 is 0. The first kappa shape index (κ1) is 15.8. The van der Waals surface area contributed by atoms with Crippen molar-refractivity contribution in [3.05, 3.63) is 82.3 Å². The summed E-state index contributed by atoms with van der Waals surface area (Å²) in [5.41, 5.74) is 10.1. The number of hydrogen-bond acceptors (Lipinski definition) is 3. The average molecular weight is 320 g/mol. The molecule has 120 valence electrons. The highest BCUT2D eigenvalue weighted by atomic mass is 19.1. The monoisotopic (exact) mass is 320 g/mol. The largest absolute Gasteiger partial charge is 0.383 e. The van der Waals surface area contributed by atoms with Gasteiger partial charge in [0.15, 0.2) is 0 Å². The number of benzene rings is 2. The van der Waals surface area contributed by atoms with Crippen LogP contribution in [0.4, 0.5) is 10.2 Å². The molecule has 0 radical (unpaired) electrons. The van der Waals surface area contributed by atoms with Gasteiger partial charge in [-0.15, -0.1) is 0 Å². The van der Waals surface area contributed by atoms with Gasteiger partial charge in [0.05, 0.1) is 12.2 Å². The molecule has 1 heterocycles. The van der Waals surface area contributed by atoms with E-state index >= 15 is 0 Å². The lowest BCUT2D eigenvalue weighted by molar-refractivity contribution is 0.619. The molecule has 0 aliphatic rings. The van der Waals surface area contributed by atoms with Gasteiger partial charge in [0, 0.05) is 6.42 Å². The third-order valence-electron chi connectivity index (χ3n) is 3.85. The van der Waals surface area contributed by atoms with Crippen molar-refractivity contribution in [2.45, 2.75) is 19.9 Å². The maximum Gasteiger partial charge on any atom is 0.140 e. The van der Waals surface area contributed by atoms with Crippen molar-refractivity contribution < 1.29 is 4.39 Å². The first-order chi connectivity index (χ1) is 11.6. The minimum atomic E-state index is -0.307. The lowest BCUT2D eigenvalue weighted by Gasteiger charge is -2.04. The minimum absolute atomic E-state index is 0.307. The van der Waals surface area contributed by atoms with Gasteiger partial charge in [0.1, 0.15) is 23.3 Å². The quantitative estimate of drug-likeness (QED) is 0.801. The molecule has 3 rings (SSSR count). The number of aryl methyl sites for hydroxylation is 1. The third-order valence-corrected chi connectivity index (χ3v) is 3.85. The van der Waals surface area contributed by atoms with Crippen LogP contribution in [0.25, 0.3) is 0 Å². The summed E-state index contributed by atoms with van der Waals surface area (Å²) < 4.78 is 14.9. The molecule has 0 atom stereocenters. The summed E-state index contributed by atoms with van der Waals surface area (Å²) in [5.74, 6) is 0.00290. The maximum atomic E-state index is 13.3. The Labute approximate surface area is 140 Å². The molecule has 0 spiro atoms. The van der Waals surface area contributed by atoms with Gasteiger partial charge in [-0.3, -0.25) is 0 Å². The van der Waals surface area contributed by atoms with Gasteiger partial charge in [0.2, 0.25) is 0 Å². The zero-order chi connectivity index (χ0) is 17.1. The van der Waals surface area contributed by atoms with E-state index in [1.807, 2.05) is 25.1 Å². The first-order valence-electron chi connectivity index (χ1n) is 7.62. The molecule has 3 aromatic rings. The van der Waals surface area contributed by atoms with Crippen molar-refractivity contribution in [2.75, 3.05) is 5.73 Å². The highest BCUT2D eigenvalue weighted by Gasteiger charge is 2.16. The van der Waals surface area contributed by atoms with Crippen molar-refractivity contribution in [3.63, 3.8) is 0 Å². The molecular weight excluding hydrogens is 303 g/mol. The predicted octanol–water partition coefficient (Wildman–Crippen LogP) is 3.42. The molecule has 0 aliphatic heterocycles. The van der Waals surface area contributed by atoms with Crippen molar-refractivity contribution in [2.24, 2.45) is 0 Å². The fraction of sp³-hybridized carbons (Fsp3) is 0.158. The van der Waals surface area contributed by atoms with Gasteiger partial charge < -0.3 is 5.73 Å². The number of halogens is 1. The molecule has 2 N–H and O–H groups in total. The van der Waals surface area contributed by atoms with Crippen LogP contribution in [0.15, 0.2) is 48.5 Å². The Morgan fingerprint density at radius 3 is 2.62 bits per heavy atom. The summed E-state index contributed by atoms with van der Waals surface area (Å²) in [6.45, 7) is 2.34. The Kier molecular flexibility index (Phi) is 4.30. The van der Waals surface area contributed by atoms with E-state index in [1.165, 1.54) is 12.1 Å². The molecule has 2 aromatic carbocycles. The highest BCUT2D eigenvalue weighted by molar-refractivity contribution is 5.53. The van der Waals surface area contributed by atoms with Crippen LogP contribution in [0, 0.1) is 24.1 Å². The molecule has 0 unspecified atom stereocenters. The minimum Gasteiger partial charge on any atom is -0.383 e. The fourth-order valence-corrected chi connectivity index (χ4v) is 2.72. The van der Waals surface area contributed by atoms with Crippen molar-refractivity contribution in [1.82, 2.24) is 9.78 Å². The summed E-state index contributed by atoms with van der Waals surface area (Å²) in [4.78, 5) is 0. The van der Waals surface area contributed by atoms with Gasteiger partial charge >= 0.3 is 0 Å². The SMILES string of the molecule is Cc1cccc(Cc2nn(Cc3cccc(F)c3)c(N)c2C#N)c1. The Hall–Kier alpha value is -3.13. The molecule has 5 heteroatoms. The average Bonchev–Trinajstić information content (AvgIpc) is 2.82. The van der Waals surface area contributed by atoms with E-state index in [0.29, 0.717) is 30.0 Å². The normalized spacial score (nSPS) is 10.5. The van der Waals surface area contributed by atoms with Crippen LogP contribution >= 0.6 is 0 Å². The Morgan fingerprint density at radius 2 is 1.92 bits per heavy atom. The summed E-state index contributed by atoms with van der Waals surface area (Å²) in [5, 5.41) is 13.9. The maximum absolute atomic E-state index is 13.3. The predicted molar refractivity (Wildman–Crippen MR) is 90.8 cm³/mol. The van der Waals surface area contributed by atoms with Crippen LogP contribution in [0.1, 0.15) is 27.9 Å². The molecule has 0 fully saturated rings. The molecule has 0 saturated carbocycles. The lowest BCUT2D eigenvalue weighted by Crippen LogP contribution is -2.06. The van der Waals surface area contributed by atoms with Gasteiger partial charge in [-0.25, -0.2) is 9.07 Å². The van der Waals surface area contributed by atoms with Gasteiger partial charge in [0.25, 0.3) is 0 Å². The van der Waals surface area contributed by atoms with E-state index in [9.17, 15) is 9.65 Å². The molecule has 24 heavy (non-hydrogen) atoms. The van der Waals surface area contributed by atoms with Crippen LogP contribution in [-0.4, -0.2) is 9.78 Å². The van der Waals surface area contributed by atoms with Crippen molar-refractivity contribution in [3.8, 4) is 6.07 Å². The van der Waals surface area contributed by atoms with E-state index in [-0.39, 0.29) is 5.82 Å². The number of rotatable bonds is 4. The van der Waals surface area contributed by atoms with Crippen LogP contribution in [0.3, 0.4) is 0 Å². The second-order valence-corrected chi connectivity index (χ2v) is 5.77. The van der Waals surface area contributed by atoms with Gasteiger partial charge in [-0.05, 0) is 30.2 Å². The van der Waals surface area contributed by atoms with Crippen LogP contribution in [0.2, 0.25) is 0 Å². The van der Waals surface area contributed by atoms with Crippen molar-refractivity contribution >= 4 is 5.82 Å². The van der Waals surface area contributed by atoms with E-state index in [4.69, 9.17) is 5.73 Å². The van der Waals surface area contributed by atoms with E-state index in [2.05, 4.69) is 17.2 Å². The standard InChI is InChI=1S/C19H17FN4/c1-13-4-2-5-14(8-13)10-18-17(11-21)19(22)24(23-18)12-15-6-3-7-16(20)9-15/h2-9H,10,12,22H2,1H3. The molecule has 1 aromatic heterocycles. The number of hydrogen-bond donors (Lipinski definition) is 1. The topological polar surface area (TPSA) is 67.6 Å². The van der Waals surface area contributed by atoms with Crippen LogP contribution < -0.4 is 5.73 Å². The zero-order valence-corrected chi connectivity index (χ0v) is 13.3. The smallest absolute Gasteiger partial charge is 0.140 e. The number of nitrogen functional groups attached to an aromatic ring is 1. The summed E-state index contributed by atoms with van der Waals surface area (Å²) in [6, 6.07) is 16.5. The van der Waals surface area contributed by atoms with Crippen LogP contribution in [-0.2, 0) is 13.0 Å². The highest BCUT2D eigenvalue weighted by Crippen LogP contribution is 2.21. The fourth-order valence-electron chi connectivity index (χ4n) is 2.72. The Balaban J connectivity index is 1.92. The molecule has 0 bridgehead atoms. The number of aromatic nitrogens is 2. The first-order valence-corrected chi connectivity index (χ1v) is 7.62. The lowest BCUT2D eigenvalue weighted by atomic mass is 10.1.